The van der Waals surface area contributed by atoms with Crippen LogP contribution in [0.25, 0.3) is 5.76 Å². The van der Waals surface area contributed by atoms with E-state index in [2.05, 4.69) is 63.8 Å². The van der Waals surface area contributed by atoms with Gasteiger partial charge in [-0.05, 0) is 44.5 Å². The van der Waals surface area contributed by atoms with Crippen molar-refractivity contribution in [3.05, 3.63) is 41.5 Å². The Morgan fingerprint density at radius 3 is 2.16 bits per heavy atom. The van der Waals surface area contributed by atoms with Crippen molar-refractivity contribution >= 4 is 14.1 Å². The molecule has 19 heavy (non-hydrogen) atoms. The van der Waals surface area contributed by atoms with Crippen molar-refractivity contribution in [1.82, 2.24) is 0 Å². The van der Waals surface area contributed by atoms with Gasteiger partial charge in [0.25, 0.3) is 0 Å². The highest BCUT2D eigenvalue weighted by atomic mass is 28.4. The van der Waals surface area contributed by atoms with Gasteiger partial charge in [0, 0.05) is 5.56 Å². The van der Waals surface area contributed by atoms with Crippen LogP contribution in [0.1, 0.15) is 45.1 Å². The molecule has 0 unspecified atom stereocenters. The van der Waals surface area contributed by atoms with E-state index in [-0.39, 0.29) is 0 Å². The van der Waals surface area contributed by atoms with Crippen LogP contribution in [0.5, 0.6) is 0 Å². The topological polar surface area (TPSA) is 9.23 Å². The second-order valence-corrected chi connectivity index (χ2v) is 10.4. The second kappa shape index (κ2) is 7.54. The van der Waals surface area contributed by atoms with Gasteiger partial charge in [-0.25, -0.2) is 0 Å². The molecule has 0 amide bonds. The summed E-state index contributed by atoms with van der Waals surface area (Å²) in [7, 11) is -1.58. The first kappa shape index (κ1) is 16.0. The minimum atomic E-state index is -1.58. The fraction of sp³-hybridized carbons (Fsp3) is 0.529. The average molecular weight is 276 g/mol. The molecule has 0 bridgehead atoms. The van der Waals surface area contributed by atoms with Crippen molar-refractivity contribution in [2.45, 2.75) is 59.2 Å². The minimum absolute atomic E-state index is 1.08. The van der Waals surface area contributed by atoms with E-state index in [1.54, 1.807) is 0 Å². The SMILES string of the molecule is CCCC/C(CC)=C(/O[Si](C)(C)C)c1ccccc1. The Labute approximate surface area is 119 Å². The number of hydrogen-bond acceptors (Lipinski definition) is 1. The van der Waals surface area contributed by atoms with E-state index in [9.17, 15) is 0 Å². The monoisotopic (exact) mass is 276 g/mol. The van der Waals surface area contributed by atoms with Crippen molar-refractivity contribution in [3.8, 4) is 0 Å². The molecule has 0 aromatic heterocycles. The predicted octanol–water partition coefficient (Wildman–Crippen LogP) is 5.85. The van der Waals surface area contributed by atoms with E-state index in [1.807, 2.05) is 0 Å². The molecule has 1 rings (SSSR count). The Kier molecular flexibility index (Phi) is 6.36. The minimum Gasteiger partial charge on any atom is -0.544 e. The van der Waals surface area contributed by atoms with Crippen molar-refractivity contribution in [3.63, 3.8) is 0 Å². The molecule has 106 valence electrons. The van der Waals surface area contributed by atoms with Gasteiger partial charge >= 0.3 is 0 Å². The van der Waals surface area contributed by atoms with Crippen LogP contribution in [0.4, 0.5) is 0 Å². The van der Waals surface area contributed by atoms with E-state index in [0.29, 0.717) is 0 Å². The molecule has 0 aliphatic rings. The van der Waals surface area contributed by atoms with Crippen LogP contribution in [-0.4, -0.2) is 8.32 Å². The second-order valence-electron chi connectivity index (χ2n) is 5.97. The Morgan fingerprint density at radius 1 is 1.05 bits per heavy atom. The molecule has 0 heterocycles. The molecule has 0 aliphatic carbocycles. The lowest BCUT2D eigenvalue weighted by atomic mass is 10.0. The fourth-order valence-electron chi connectivity index (χ4n) is 2.07. The molecule has 0 fully saturated rings. The molecule has 0 radical (unpaired) electrons. The summed E-state index contributed by atoms with van der Waals surface area (Å²) in [6.45, 7) is 11.2. The molecular weight excluding hydrogens is 248 g/mol. The van der Waals surface area contributed by atoms with Gasteiger partial charge in [0.05, 0.1) is 0 Å². The Hall–Kier alpha value is -1.02. The molecule has 0 aliphatic heterocycles. The van der Waals surface area contributed by atoms with E-state index in [0.717, 1.165) is 18.6 Å². The summed E-state index contributed by atoms with van der Waals surface area (Å²) >= 11 is 0. The molecule has 0 saturated carbocycles. The average Bonchev–Trinajstić information content (AvgIpc) is 2.38. The molecule has 0 spiro atoms. The van der Waals surface area contributed by atoms with Gasteiger partial charge in [-0.2, -0.15) is 0 Å². The number of benzene rings is 1. The first-order valence-corrected chi connectivity index (χ1v) is 10.8. The Bertz CT molecular complexity index is 401. The maximum atomic E-state index is 6.39. The summed E-state index contributed by atoms with van der Waals surface area (Å²) in [6.07, 6.45) is 4.71. The molecule has 0 N–H and O–H groups in total. The Balaban J connectivity index is 3.13. The molecule has 1 nitrogen and oxygen atoms in total. The number of hydrogen-bond donors (Lipinski definition) is 0. The van der Waals surface area contributed by atoms with Crippen LogP contribution in [0.2, 0.25) is 19.6 Å². The zero-order valence-corrected chi connectivity index (χ0v) is 14.1. The molecule has 1 aromatic rings. The smallest absolute Gasteiger partial charge is 0.242 e. The van der Waals surface area contributed by atoms with Gasteiger partial charge in [0.2, 0.25) is 8.32 Å². The molecule has 0 atom stereocenters. The summed E-state index contributed by atoms with van der Waals surface area (Å²) in [6, 6.07) is 10.6. The van der Waals surface area contributed by atoms with E-state index < -0.39 is 8.32 Å². The van der Waals surface area contributed by atoms with Crippen LogP contribution in [0.3, 0.4) is 0 Å². The van der Waals surface area contributed by atoms with Crippen LogP contribution in [0.15, 0.2) is 35.9 Å². The fourth-order valence-corrected chi connectivity index (χ4v) is 2.95. The lowest BCUT2D eigenvalue weighted by Crippen LogP contribution is -2.25. The van der Waals surface area contributed by atoms with Crippen LogP contribution < -0.4 is 0 Å². The van der Waals surface area contributed by atoms with E-state index in [1.165, 1.54) is 24.0 Å². The van der Waals surface area contributed by atoms with Crippen LogP contribution >= 0.6 is 0 Å². The van der Waals surface area contributed by atoms with Crippen LogP contribution in [0, 0.1) is 0 Å². The van der Waals surface area contributed by atoms with Gasteiger partial charge in [-0.3, -0.25) is 0 Å². The quantitative estimate of drug-likeness (QED) is 0.448. The van der Waals surface area contributed by atoms with Gasteiger partial charge < -0.3 is 4.43 Å². The van der Waals surface area contributed by atoms with Gasteiger partial charge in [0.15, 0.2) is 0 Å². The van der Waals surface area contributed by atoms with Crippen molar-refractivity contribution < 1.29 is 4.43 Å². The lowest BCUT2D eigenvalue weighted by molar-refractivity contribution is 0.503. The third-order valence-corrected chi connectivity index (χ3v) is 3.84. The summed E-state index contributed by atoms with van der Waals surface area (Å²) < 4.78 is 6.39. The van der Waals surface area contributed by atoms with E-state index >= 15 is 0 Å². The number of allylic oxidation sites excluding steroid dienone is 1. The zero-order valence-electron chi connectivity index (χ0n) is 13.1. The molecular formula is C17H28OSi. The maximum Gasteiger partial charge on any atom is 0.242 e. The third kappa shape index (κ3) is 5.64. The molecule has 0 saturated heterocycles. The summed E-state index contributed by atoms with van der Waals surface area (Å²) in [5.41, 5.74) is 2.70. The highest BCUT2D eigenvalue weighted by molar-refractivity contribution is 6.70. The van der Waals surface area contributed by atoms with E-state index in [4.69, 9.17) is 4.43 Å². The number of rotatable bonds is 7. The Morgan fingerprint density at radius 2 is 1.68 bits per heavy atom. The summed E-state index contributed by atoms with van der Waals surface area (Å²) in [5, 5.41) is 0. The maximum absolute atomic E-state index is 6.39. The normalized spacial score (nSPS) is 13.1. The molecule has 2 heteroatoms. The highest BCUT2D eigenvalue weighted by Crippen LogP contribution is 2.28. The first-order chi connectivity index (χ1) is 8.98. The van der Waals surface area contributed by atoms with Crippen LogP contribution in [-0.2, 0) is 4.43 Å². The third-order valence-electron chi connectivity index (χ3n) is 3.02. The largest absolute Gasteiger partial charge is 0.544 e. The lowest BCUT2D eigenvalue weighted by Gasteiger charge is -2.25. The van der Waals surface area contributed by atoms with Crippen molar-refractivity contribution in [2.75, 3.05) is 0 Å². The van der Waals surface area contributed by atoms with Crippen molar-refractivity contribution in [2.24, 2.45) is 0 Å². The first-order valence-electron chi connectivity index (χ1n) is 7.44. The molecule has 1 aromatic carbocycles. The van der Waals surface area contributed by atoms with Gasteiger partial charge in [-0.1, -0.05) is 50.6 Å². The number of unbranched alkanes of at least 4 members (excludes halogenated alkanes) is 1. The van der Waals surface area contributed by atoms with Gasteiger partial charge in [0.1, 0.15) is 5.76 Å². The summed E-state index contributed by atoms with van der Waals surface area (Å²) in [4.78, 5) is 0. The standard InChI is InChI=1S/C17H28OSi/c1-6-8-12-15(7-2)17(18-19(3,4)5)16-13-10-9-11-14-16/h9-11,13-14H,6-8,12H2,1-5H3/b17-15+. The zero-order chi connectivity index (χ0) is 14.3. The van der Waals surface area contributed by atoms with Crippen molar-refractivity contribution in [1.29, 1.82) is 0 Å². The van der Waals surface area contributed by atoms with Gasteiger partial charge in [-0.15, -0.1) is 0 Å². The summed E-state index contributed by atoms with van der Waals surface area (Å²) in [5.74, 6) is 1.15. The predicted molar refractivity (Wildman–Crippen MR) is 87.6 cm³/mol. The highest BCUT2D eigenvalue weighted by Gasteiger charge is 2.20.